The molecule has 3 aromatic rings. The zero-order valence-electron chi connectivity index (χ0n) is 18.3. The Kier molecular flexibility index (Phi) is 5.29. The third kappa shape index (κ3) is 4.15. The Morgan fingerprint density at radius 2 is 2.00 bits per heavy atom. The predicted molar refractivity (Wildman–Crippen MR) is 120 cm³/mol. The smallest absolute Gasteiger partial charge is 0.208 e. The molecule has 1 fully saturated rings. The zero-order valence-corrected chi connectivity index (χ0v) is 19.1. The largest absolute Gasteiger partial charge is 0.481 e. The second-order valence-electron chi connectivity index (χ2n) is 9.06. The number of aromatic nitrogens is 1. The number of halogens is 2. The summed E-state index contributed by atoms with van der Waals surface area (Å²) in [6, 6.07) is 8.92. The summed E-state index contributed by atoms with van der Waals surface area (Å²) in [4.78, 5) is 4.69. The van der Waals surface area contributed by atoms with Crippen LogP contribution in [0.25, 0.3) is 11.1 Å². The van der Waals surface area contributed by atoms with E-state index in [0.29, 0.717) is 42.8 Å². The highest BCUT2D eigenvalue weighted by Crippen LogP contribution is 2.46. The molecule has 1 aliphatic heterocycles. The monoisotopic (exact) mass is 476 g/mol. The number of hydrogen-bond acceptors (Lipinski definition) is 5. The minimum Gasteiger partial charge on any atom is -0.481 e. The Bertz CT molecular complexity index is 1330. The number of nitrogens with one attached hydrogen (secondary N) is 1. The van der Waals surface area contributed by atoms with Gasteiger partial charge >= 0.3 is 0 Å². The van der Waals surface area contributed by atoms with E-state index in [-0.39, 0.29) is 18.8 Å². The molecule has 0 radical (unpaired) electrons. The summed E-state index contributed by atoms with van der Waals surface area (Å²) >= 11 is 0. The second-order valence-corrected chi connectivity index (χ2v) is 10.8. The fraction of sp³-hybridized carbons (Fsp3) is 0.375. The van der Waals surface area contributed by atoms with Crippen molar-refractivity contribution in [2.24, 2.45) is 0 Å². The van der Waals surface area contributed by atoms with E-state index >= 15 is 0 Å². The number of hydrogen-bond donors (Lipinski definition) is 1. The molecular formula is C24H26F2N2O4S. The summed E-state index contributed by atoms with van der Waals surface area (Å²) in [7, 11) is -3.37. The van der Waals surface area contributed by atoms with Crippen LogP contribution in [0.5, 0.6) is 5.75 Å². The number of benzene rings is 2. The lowest BCUT2D eigenvalue weighted by Gasteiger charge is -2.27. The third-order valence-electron chi connectivity index (χ3n) is 6.51. The van der Waals surface area contributed by atoms with Gasteiger partial charge < -0.3 is 9.15 Å². The summed E-state index contributed by atoms with van der Waals surface area (Å²) in [6.45, 7) is 1.73. The van der Waals surface area contributed by atoms with Gasteiger partial charge in [-0.2, -0.15) is 0 Å². The number of fused-ring (bicyclic) bond motifs is 7. The Hall–Kier alpha value is -2.78. The number of rotatable bonds is 2. The zero-order chi connectivity index (χ0) is 23.4. The van der Waals surface area contributed by atoms with Crippen LogP contribution in [0.4, 0.5) is 8.78 Å². The van der Waals surface area contributed by atoms with E-state index in [4.69, 9.17) is 9.15 Å². The topological polar surface area (TPSA) is 81.4 Å². The molecule has 33 heavy (non-hydrogen) atoms. The maximum atomic E-state index is 14.9. The minimum atomic E-state index is -3.37. The number of ether oxygens (including phenoxy) is 1. The van der Waals surface area contributed by atoms with E-state index in [2.05, 4.69) is 9.71 Å². The van der Waals surface area contributed by atoms with Crippen LogP contribution in [0, 0.1) is 11.6 Å². The van der Waals surface area contributed by atoms with Crippen LogP contribution in [0.1, 0.15) is 50.9 Å². The summed E-state index contributed by atoms with van der Waals surface area (Å²) in [5.74, 6) is -0.635. The molecule has 1 saturated carbocycles. The molecule has 1 spiro atoms. The number of oxazole rings is 1. The Morgan fingerprint density at radius 1 is 1.18 bits per heavy atom. The van der Waals surface area contributed by atoms with Crippen molar-refractivity contribution in [3.63, 3.8) is 0 Å². The van der Waals surface area contributed by atoms with Crippen molar-refractivity contribution in [2.45, 2.75) is 50.2 Å². The lowest BCUT2D eigenvalue weighted by molar-refractivity contribution is 0.212. The highest BCUT2D eigenvalue weighted by molar-refractivity contribution is 7.88. The van der Waals surface area contributed by atoms with Gasteiger partial charge in [-0.3, -0.25) is 0 Å². The van der Waals surface area contributed by atoms with Crippen molar-refractivity contribution in [1.29, 1.82) is 0 Å². The maximum Gasteiger partial charge on any atom is 0.208 e. The van der Waals surface area contributed by atoms with Crippen molar-refractivity contribution in [1.82, 2.24) is 9.71 Å². The Balaban J connectivity index is 0.00000274. The first-order valence-electron chi connectivity index (χ1n) is 10.8. The molecule has 5 rings (SSSR count). The van der Waals surface area contributed by atoms with Gasteiger partial charge in [0.05, 0.1) is 11.7 Å². The molecule has 2 aliphatic rings. The number of para-hydroxylation sites is 1. The molecule has 3 atom stereocenters. The first kappa shape index (κ1) is 22.0. The van der Waals surface area contributed by atoms with E-state index in [1.807, 2.05) is 0 Å². The fourth-order valence-corrected chi connectivity index (χ4v) is 5.84. The van der Waals surface area contributed by atoms with Crippen LogP contribution in [-0.2, 0) is 21.9 Å². The minimum absolute atomic E-state index is 0. The summed E-state index contributed by atoms with van der Waals surface area (Å²) in [5, 5.41) is 0. The van der Waals surface area contributed by atoms with Gasteiger partial charge in [0.25, 0.3) is 0 Å². The quantitative estimate of drug-likeness (QED) is 0.569. The Morgan fingerprint density at radius 3 is 2.79 bits per heavy atom. The van der Waals surface area contributed by atoms with E-state index in [9.17, 15) is 17.2 Å². The van der Waals surface area contributed by atoms with Crippen LogP contribution in [0.2, 0.25) is 0 Å². The molecule has 1 N–H and O–H groups in total. The predicted octanol–water partition coefficient (Wildman–Crippen LogP) is 4.90. The summed E-state index contributed by atoms with van der Waals surface area (Å²) in [5.41, 5.74) is 1.30. The first-order chi connectivity index (χ1) is 15.6. The fourth-order valence-electron chi connectivity index (χ4n) is 5.03. The van der Waals surface area contributed by atoms with E-state index in [0.717, 1.165) is 11.8 Å². The average molecular weight is 477 g/mol. The van der Waals surface area contributed by atoms with Crippen LogP contribution in [0.3, 0.4) is 0 Å². The van der Waals surface area contributed by atoms with Gasteiger partial charge in [-0.1, -0.05) is 18.2 Å². The lowest BCUT2D eigenvalue weighted by Crippen LogP contribution is -2.35. The average Bonchev–Trinajstić information content (AvgIpc) is 3.38. The van der Waals surface area contributed by atoms with Crippen molar-refractivity contribution in [3.05, 3.63) is 71.4 Å². The molecule has 1 aliphatic carbocycles. The van der Waals surface area contributed by atoms with Crippen molar-refractivity contribution in [3.8, 4) is 16.9 Å². The van der Waals surface area contributed by atoms with Crippen LogP contribution < -0.4 is 9.46 Å². The summed E-state index contributed by atoms with van der Waals surface area (Å²) in [6.07, 6.45) is 4.23. The molecule has 0 amide bonds. The third-order valence-corrected chi connectivity index (χ3v) is 7.27. The van der Waals surface area contributed by atoms with Gasteiger partial charge in [-0.15, -0.1) is 0 Å². The van der Waals surface area contributed by atoms with Gasteiger partial charge in [-0.05, 0) is 56.4 Å². The summed E-state index contributed by atoms with van der Waals surface area (Å²) < 4.78 is 67.8. The van der Waals surface area contributed by atoms with E-state index < -0.39 is 33.2 Å². The van der Waals surface area contributed by atoms with Crippen LogP contribution >= 0.6 is 0 Å². The number of nitrogens with zero attached hydrogens (tertiary/aromatic N) is 1. The number of sulfonamides is 1. The molecule has 2 heterocycles. The SMILES string of the molecule is C[C@H]1Oc2c(F)cccc2-c2cc(ccc2F)C[C@@]2(CC[C@H](NS(C)(=O)=O)C2)c2nc1co2.[HH]. The normalized spacial score (nSPS) is 24.6. The van der Waals surface area contributed by atoms with Crippen LogP contribution in [0.15, 0.2) is 47.1 Å². The molecule has 9 heteroatoms. The molecule has 0 unspecified atom stereocenters. The van der Waals surface area contributed by atoms with Gasteiger partial charge in [-0.25, -0.2) is 26.9 Å². The standard InChI is InChI=1S/C24H24F2N2O4S.H2/c1-14-21-13-31-23(27-21)24(9-8-16(12-24)28-33(2,29)30)11-15-6-7-19(25)18(10-15)17-4-3-5-20(26)22(17)32-14;/h3-7,10,13-14,16,28H,8-9,11-12H2,1-2H3;1H/t14-,16+,24-;/m1./s1. The Labute approximate surface area is 192 Å². The molecular weight excluding hydrogens is 450 g/mol. The van der Waals surface area contributed by atoms with E-state index in [1.54, 1.807) is 25.1 Å². The van der Waals surface area contributed by atoms with Crippen LogP contribution in [-0.4, -0.2) is 25.7 Å². The highest BCUT2D eigenvalue weighted by Gasteiger charge is 2.45. The lowest BCUT2D eigenvalue weighted by atomic mass is 9.79. The molecule has 176 valence electrons. The van der Waals surface area contributed by atoms with Crippen molar-refractivity contribution in [2.75, 3.05) is 6.26 Å². The van der Waals surface area contributed by atoms with Crippen molar-refractivity contribution >= 4 is 10.0 Å². The first-order valence-corrected chi connectivity index (χ1v) is 12.7. The molecule has 6 nitrogen and oxygen atoms in total. The highest BCUT2D eigenvalue weighted by atomic mass is 32.2. The van der Waals surface area contributed by atoms with Gasteiger partial charge in [0.1, 0.15) is 23.9 Å². The molecule has 1 aromatic heterocycles. The maximum absolute atomic E-state index is 14.9. The van der Waals surface area contributed by atoms with Gasteiger partial charge in [0.15, 0.2) is 11.6 Å². The second kappa shape index (κ2) is 7.92. The van der Waals surface area contributed by atoms with E-state index in [1.165, 1.54) is 24.5 Å². The van der Waals surface area contributed by atoms with Gasteiger partial charge in [0, 0.05) is 18.6 Å². The van der Waals surface area contributed by atoms with Gasteiger partial charge in [0.2, 0.25) is 15.9 Å². The molecule has 2 aromatic carbocycles. The molecule has 4 bridgehead atoms. The van der Waals surface area contributed by atoms with Crippen molar-refractivity contribution < 1.29 is 27.8 Å². The molecule has 0 saturated heterocycles.